The van der Waals surface area contributed by atoms with Crippen molar-refractivity contribution < 1.29 is 9.53 Å². The minimum atomic E-state index is -0.514. The third-order valence-corrected chi connectivity index (χ3v) is 3.52. The van der Waals surface area contributed by atoms with Gasteiger partial charge in [0.15, 0.2) is 0 Å². The second kappa shape index (κ2) is 4.93. The molecule has 16 heavy (non-hydrogen) atoms. The van der Waals surface area contributed by atoms with E-state index in [1.54, 1.807) is 0 Å². The normalized spacial score (nSPS) is 11.6. The number of rotatable bonds is 4. The average Bonchev–Trinajstić information content (AvgIpc) is 2.61. The fourth-order valence-corrected chi connectivity index (χ4v) is 2.33. The predicted molar refractivity (Wildman–Crippen MR) is 64.7 cm³/mol. The van der Waals surface area contributed by atoms with Crippen molar-refractivity contribution in [3.05, 3.63) is 15.6 Å². The van der Waals surface area contributed by atoms with Crippen LogP contribution in [0.4, 0.5) is 0 Å². The molecule has 0 aliphatic carbocycles. The molecule has 2 N–H and O–H groups in total. The van der Waals surface area contributed by atoms with Gasteiger partial charge in [0.25, 0.3) is 0 Å². The van der Waals surface area contributed by atoms with E-state index in [1.807, 2.05) is 20.8 Å². The lowest BCUT2D eigenvalue weighted by atomic mass is 10.1. The summed E-state index contributed by atoms with van der Waals surface area (Å²) in [5, 5.41) is 0.774. The molecule has 0 fully saturated rings. The second-order valence-electron chi connectivity index (χ2n) is 4.26. The van der Waals surface area contributed by atoms with E-state index in [0.29, 0.717) is 4.88 Å². The lowest BCUT2D eigenvalue weighted by Gasteiger charge is -2.13. The van der Waals surface area contributed by atoms with E-state index >= 15 is 0 Å². The first kappa shape index (κ1) is 13.1. The highest BCUT2D eigenvalue weighted by Crippen LogP contribution is 2.27. The topological polar surface area (TPSA) is 65.2 Å². The van der Waals surface area contributed by atoms with Crippen LogP contribution in [0.3, 0.4) is 0 Å². The summed E-state index contributed by atoms with van der Waals surface area (Å²) >= 11 is 1.33. The molecule has 0 amide bonds. The van der Waals surface area contributed by atoms with Gasteiger partial charge in [0.05, 0.1) is 18.3 Å². The largest absolute Gasteiger partial charge is 0.465 e. The number of methoxy groups -OCH3 is 1. The number of hydrogen-bond acceptors (Lipinski definition) is 5. The molecule has 90 valence electrons. The minimum absolute atomic E-state index is 0.323. The second-order valence-corrected chi connectivity index (χ2v) is 5.26. The molecular formula is C11H18N2O2S. The van der Waals surface area contributed by atoms with Crippen LogP contribution in [0.25, 0.3) is 0 Å². The fraction of sp³-hybridized carbons (Fsp3) is 0.636. The summed E-state index contributed by atoms with van der Waals surface area (Å²) in [4.78, 5) is 16.6. The smallest absolute Gasteiger partial charge is 0.349 e. The molecule has 1 aromatic heterocycles. The molecule has 4 nitrogen and oxygen atoms in total. The number of carbonyl (C=O) groups is 1. The van der Waals surface area contributed by atoms with Gasteiger partial charge in [-0.3, -0.25) is 0 Å². The first-order valence-electron chi connectivity index (χ1n) is 5.27. The molecule has 0 saturated heterocycles. The lowest BCUT2D eigenvalue weighted by molar-refractivity contribution is 0.0605. The quantitative estimate of drug-likeness (QED) is 0.821. The Morgan fingerprint density at radius 3 is 2.62 bits per heavy atom. The van der Waals surface area contributed by atoms with Crippen molar-refractivity contribution in [2.24, 2.45) is 5.73 Å². The number of esters is 1. The SMILES string of the molecule is CCCc1nc(C(C)(C)N)sc1C(=O)OC. The lowest BCUT2D eigenvalue weighted by Crippen LogP contribution is -2.28. The van der Waals surface area contributed by atoms with Crippen molar-refractivity contribution in [2.75, 3.05) is 7.11 Å². The van der Waals surface area contributed by atoms with Crippen LogP contribution in [0.5, 0.6) is 0 Å². The molecule has 0 atom stereocenters. The monoisotopic (exact) mass is 242 g/mol. The number of thiazole rings is 1. The molecule has 0 aliphatic rings. The van der Waals surface area contributed by atoms with Crippen molar-refractivity contribution >= 4 is 17.3 Å². The Bertz CT molecular complexity index is 380. The van der Waals surface area contributed by atoms with Crippen molar-refractivity contribution in [2.45, 2.75) is 39.2 Å². The van der Waals surface area contributed by atoms with E-state index in [1.165, 1.54) is 18.4 Å². The van der Waals surface area contributed by atoms with Gasteiger partial charge in [0.2, 0.25) is 0 Å². The van der Waals surface area contributed by atoms with Crippen LogP contribution in [0.2, 0.25) is 0 Å². The van der Waals surface area contributed by atoms with Gasteiger partial charge in [-0.1, -0.05) is 13.3 Å². The molecule has 1 aromatic rings. The van der Waals surface area contributed by atoms with Gasteiger partial charge in [0, 0.05) is 0 Å². The van der Waals surface area contributed by atoms with E-state index in [9.17, 15) is 4.79 Å². The molecule has 0 aliphatic heterocycles. The summed E-state index contributed by atoms with van der Waals surface area (Å²) < 4.78 is 4.74. The van der Waals surface area contributed by atoms with Crippen LogP contribution in [0, 0.1) is 0 Å². The molecule has 1 rings (SSSR count). The Balaban J connectivity index is 3.15. The first-order chi connectivity index (χ1) is 7.40. The Morgan fingerprint density at radius 2 is 2.19 bits per heavy atom. The number of nitrogens with zero attached hydrogens (tertiary/aromatic N) is 1. The summed E-state index contributed by atoms with van der Waals surface area (Å²) in [5.74, 6) is -0.323. The summed E-state index contributed by atoms with van der Waals surface area (Å²) in [5.41, 5.74) is 6.26. The molecule has 0 spiro atoms. The highest BCUT2D eigenvalue weighted by Gasteiger charge is 2.24. The highest BCUT2D eigenvalue weighted by atomic mass is 32.1. The summed E-state index contributed by atoms with van der Waals surface area (Å²) in [7, 11) is 1.38. The Hall–Kier alpha value is -0.940. The Kier molecular flexibility index (Phi) is 4.04. The highest BCUT2D eigenvalue weighted by molar-refractivity contribution is 7.13. The number of nitrogens with two attached hydrogens (primary N) is 1. The van der Waals surface area contributed by atoms with E-state index in [2.05, 4.69) is 4.98 Å². The van der Waals surface area contributed by atoms with E-state index in [0.717, 1.165) is 23.5 Å². The molecular weight excluding hydrogens is 224 g/mol. The molecule has 0 aromatic carbocycles. The van der Waals surface area contributed by atoms with E-state index < -0.39 is 5.54 Å². The molecule has 0 radical (unpaired) electrons. The maximum absolute atomic E-state index is 11.6. The van der Waals surface area contributed by atoms with Crippen molar-refractivity contribution in [3.8, 4) is 0 Å². The summed E-state index contributed by atoms with van der Waals surface area (Å²) in [6.07, 6.45) is 1.72. The van der Waals surface area contributed by atoms with Gasteiger partial charge in [-0.25, -0.2) is 9.78 Å². The number of hydrogen-bond donors (Lipinski definition) is 1. The maximum Gasteiger partial charge on any atom is 0.349 e. The summed E-state index contributed by atoms with van der Waals surface area (Å²) in [6.45, 7) is 5.80. The third kappa shape index (κ3) is 2.80. The molecule has 5 heteroatoms. The molecule has 0 unspecified atom stereocenters. The predicted octanol–water partition coefficient (Wildman–Crippen LogP) is 2.08. The number of aromatic nitrogens is 1. The number of aryl methyl sites for hydroxylation is 1. The zero-order valence-electron chi connectivity index (χ0n) is 10.2. The van der Waals surface area contributed by atoms with Crippen molar-refractivity contribution in [1.82, 2.24) is 4.98 Å². The van der Waals surface area contributed by atoms with Gasteiger partial charge in [-0.05, 0) is 20.3 Å². The van der Waals surface area contributed by atoms with Gasteiger partial charge < -0.3 is 10.5 Å². The van der Waals surface area contributed by atoms with Crippen molar-refractivity contribution in [1.29, 1.82) is 0 Å². The van der Waals surface area contributed by atoms with Gasteiger partial charge in [-0.2, -0.15) is 0 Å². The van der Waals surface area contributed by atoms with Crippen LogP contribution in [0.15, 0.2) is 0 Å². The minimum Gasteiger partial charge on any atom is -0.465 e. The summed E-state index contributed by atoms with van der Waals surface area (Å²) in [6, 6.07) is 0. The van der Waals surface area contributed by atoms with Gasteiger partial charge >= 0.3 is 5.97 Å². The van der Waals surface area contributed by atoms with Gasteiger partial charge in [0.1, 0.15) is 9.88 Å². The first-order valence-corrected chi connectivity index (χ1v) is 6.09. The third-order valence-electron chi connectivity index (χ3n) is 2.11. The van der Waals surface area contributed by atoms with E-state index in [-0.39, 0.29) is 5.97 Å². The standard InChI is InChI=1S/C11H18N2O2S/c1-5-6-7-8(9(14)15-4)16-10(13-7)11(2,3)12/h5-6,12H2,1-4H3. The van der Waals surface area contributed by atoms with E-state index in [4.69, 9.17) is 10.5 Å². The Morgan fingerprint density at radius 1 is 1.56 bits per heavy atom. The molecule has 0 saturated carbocycles. The zero-order chi connectivity index (χ0) is 12.3. The van der Waals surface area contributed by atoms with Crippen LogP contribution in [0.1, 0.15) is 47.6 Å². The van der Waals surface area contributed by atoms with Crippen LogP contribution in [-0.2, 0) is 16.7 Å². The van der Waals surface area contributed by atoms with Crippen LogP contribution < -0.4 is 5.73 Å². The Labute approximate surface area is 99.8 Å². The average molecular weight is 242 g/mol. The van der Waals surface area contributed by atoms with Gasteiger partial charge in [-0.15, -0.1) is 11.3 Å². The fourth-order valence-electron chi connectivity index (χ4n) is 1.29. The maximum atomic E-state index is 11.6. The van der Waals surface area contributed by atoms with Crippen LogP contribution in [-0.4, -0.2) is 18.1 Å². The molecule has 1 heterocycles. The molecule has 0 bridgehead atoms. The van der Waals surface area contributed by atoms with Crippen LogP contribution >= 0.6 is 11.3 Å². The number of carbonyl (C=O) groups excluding carboxylic acids is 1. The number of ether oxygens (including phenoxy) is 1. The zero-order valence-corrected chi connectivity index (χ0v) is 11.0. The van der Waals surface area contributed by atoms with Crippen molar-refractivity contribution in [3.63, 3.8) is 0 Å².